The first kappa shape index (κ1) is 13.4. The number of benzene rings is 1. The molecule has 0 bridgehead atoms. The molecule has 0 spiro atoms. The van der Waals surface area contributed by atoms with Crippen LogP contribution in [0.2, 0.25) is 0 Å². The molecular formula is C15H15BrN2O2. The van der Waals surface area contributed by atoms with Crippen LogP contribution in [-0.4, -0.2) is 20.9 Å². The average molecular weight is 335 g/mol. The maximum Gasteiger partial charge on any atom is 0.356 e. The summed E-state index contributed by atoms with van der Waals surface area (Å²) in [5.41, 5.74) is 4.67. The van der Waals surface area contributed by atoms with Gasteiger partial charge in [0, 0.05) is 17.1 Å². The molecule has 0 unspecified atom stereocenters. The van der Waals surface area contributed by atoms with E-state index in [9.17, 15) is 4.79 Å². The lowest BCUT2D eigenvalue weighted by molar-refractivity contribution is 0.0689. The topological polar surface area (TPSA) is 55.1 Å². The normalized spacial score (nSPS) is 14.1. The zero-order chi connectivity index (χ0) is 14.3. The molecule has 4 nitrogen and oxygen atoms in total. The fourth-order valence-corrected chi connectivity index (χ4v) is 3.50. The van der Waals surface area contributed by atoms with E-state index in [0.717, 1.165) is 28.6 Å². The summed E-state index contributed by atoms with van der Waals surface area (Å²) in [5, 5.41) is 13.1. The molecule has 3 rings (SSSR count). The maximum atomic E-state index is 11.0. The molecule has 0 saturated heterocycles. The highest BCUT2D eigenvalue weighted by molar-refractivity contribution is 9.10. The Bertz CT molecular complexity index is 691. The molecule has 104 valence electrons. The van der Waals surface area contributed by atoms with Gasteiger partial charge in [0.2, 0.25) is 0 Å². The number of hydrogen-bond acceptors (Lipinski definition) is 2. The molecule has 0 saturated carbocycles. The lowest BCUT2D eigenvalue weighted by Crippen LogP contribution is -2.04. The summed E-state index contributed by atoms with van der Waals surface area (Å²) in [6.45, 7) is 0. The predicted molar refractivity (Wildman–Crippen MR) is 79.9 cm³/mol. The average Bonchev–Trinajstić information content (AvgIpc) is 2.81. The van der Waals surface area contributed by atoms with Gasteiger partial charge >= 0.3 is 5.97 Å². The molecule has 1 aliphatic rings. The second-order valence-electron chi connectivity index (χ2n) is 5.15. The maximum absolute atomic E-state index is 11.0. The first-order chi connectivity index (χ1) is 9.56. The van der Waals surface area contributed by atoms with Crippen molar-refractivity contribution in [3.63, 3.8) is 0 Å². The van der Waals surface area contributed by atoms with Crippen LogP contribution < -0.4 is 0 Å². The number of carboxylic acids is 1. The summed E-state index contributed by atoms with van der Waals surface area (Å²) in [6, 6.07) is 5.86. The molecule has 0 amide bonds. The Kier molecular flexibility index (Phi) is 3.38. The molecule has 5 heteroatoms. The number of hydrogen-bond donors (Lipinski definition) is 1. The van der Waals surface area contributed by atoms with Gasteiger partial charge in [-0.3, -0.25) is 4.68 Å². The van der Waals surface area contributed by atoms with E-state index in [1.807, 2.05) is 0 Å². The third-order valence-corrected chi connectivity index (χ3v) is 4.51. The molecule has 0 fully saturated rings. The lowest BCUT2D eigenvalue weighted by atomic mass is 9.90. The summed E-state index contributed by atoms with van der Waals surface area (Å²) in [4.78, 5) is 11.0. The Labute approximate surface area is 125 Å². The van der Waals surface area contributed by atoms with Crippen LogP contribution in [0.4, 0.5) is 0 Å². The highest BCUT2D eigenvalue weighted by atomic mass is 79.9. The van der Waals surface area contributed by atoms with Gasteiger partial charge in [-0.1, -0.05) is 15.9 Å². The summed E-state index contributed by atoms with van der Waals surface area (Å²) in [7, 11) is 1.77. The van der Waals surface area contributed by atoms with Crippen molar-refractivity contribution in [1.29, 1.82) is 0 Å². The standard InChI is InChI=1S/C15H15BrN2O2/c1-18-14(8-13(17-18)15(19)20)10-6-9-4-2-3-5-11(9)12(16)7-10/h6-8H,2-5H2,1H3,(H,19,20). The largest absolute Gasteiger partial charge is 0.476 e. The molecule has 1 aromatic carbocycles. The van der Waals surface area contributed by atoms with Crippen molar-refractivity contribution < 1.29 is 9.90 Å². The number of aryl methyl sites for hydroxylation is 2. The van der Waals surface area contributed by atoms with Crippen molar-refractivity contribution in [2.24, 2.45) is 7.05 Å². The number of aromatic nitrogens is 2. The monoisotopic (exact) mass is 334 g/mol. The van der Waals surface area contributed by atoms with Crippen LogP contribution in [-0.2, 0) is 19.9 Å². The van der Waals surface area contributed by atoms with Gasteiger partial charge in [0.1, 0.15) is 0 Å². The summed E-state index contributed by atoms with van der Waals surface area (Å²) in [5.74, 6) is -0.996. The lowest BCUT2D eigenvalue weighted by Gasteiger charge is -2.18. The van der Waals surface area contributed by atoms with Crippen molar-refractivity contribution in [1.82, 2.24) is 9.78 Å². The highest BCUT2D eigenvalue weighted by Crippen LogP contribution is 2.33. The zero-order valence-electron chi connectivity index (χ0n) is 11.2. The highest BCUT2D eigenvalue weighted by Gasteiger charge is 2.17. The Morgan fingerprint density at radius 1 is 1.30 bits per heavy atom. The van der Waals surface area contributed by atoms with Crippen molar-refractivity contribution in [3.05, 3.63) is 39.5 Å². The summed E-state index contributed by atoms with van der Waals surface area (Å²) in [6.07, 6.45) is 4.65. The molecule has 2 aromatic rings. The minimum absolute atomic E-state index is 0.0799. The fourth-order valence-electron chi connectivity index (χ4n) is 2.80. The first-order valence-corrected chi connectivity index (χ1v) is 7.44. The fraction of sp³-hybridized carbons (Fsp3) is 0.333. The Hall–Kier alpha value is -1.62. The van der Waals surface area contributed by atoms with Crippen LogP contribution in [0, 0.1) is 0 Å². The van der Waals surface area contributed by atoms with E-state index < -0.39 is 5.97 Å². The third-order valence-electron chi connectivity index (χ3n) is 3.81. The third kappa shape index (κ3) is 2.26. The number of aromatic carboxylic acids is 1. The summed E-state index contributed by atoms with van der Waals surface area (Å²) >= 11 is 3.64. The minimum Gasteiger partial charge on any atom is -0.476 e. The van der Waals surface area contributed by atoms with E-state index in [-0.39, 0.29) is 5.69 Å². The van der Waals surface area contributed by atoms with Crippen LogP contribution in [0.5, 0.6) is 0 Å². The van der Waals surface area contributed by atoms with E-state index in [0.29, 0.717) is 0 Å². The van der Waals surface area contributed by atoms with Crippen LogP contribution >= 0.6 is 15.9 Å². The van der Waals surface area contributed by atoms with Gasteiger partial charge < -0.3 is 5.11 Å². The van der Waals surface area contributed by atoms with Gasteiger partial charge in [-0.05, 0) is 55.0 Å². The van der Waals surface area contributed by atoms with Gasteiger partial charge in [-0.25, -0.2) is 4.79 Å². The number of carboxylic acid groups (broad SMARTS) is 1. The quantitative estimate of drug-likeness (QED) is 0.915. The van der Waals surface area contributed by atoms with Gasteiger partial charge in [-0.2, -0.15) is 5.10 Å². The number of nitrogens with zero attached hydrogens (tertiary/aromatic N) is 2. The number of halogens is 1. The molecule has 20 heavy (non-hydrogen) atoms. The summed E-state index contributed by atoms with van der Waals surface area (Å²) < 4.78 is 2.74. The Morgan fingerprint density at radius 2 is 2.05 bits per heavy atom. The van der Waals surface area contributed by atoms with E-state index in [4.69, 9.17) is 5.11 Å². The van der Waals surface area contributed by atoms with E-state index >= 15 is 0 Å². The first-order valence-electron chi connectivity index (χ1n) is 6.65. The minimum atomic E-state index is -0.996. The van der Waals surface area contributed by atoms with Gasteiger partial charge in [0.25, 0.3) is 0 Å². The van der Waals surface area contributed by atoms with E-state index in [1.54, 1.807) is 17.8 Å². The van der Waals surface area contributed by atoms with Crippen LogP contribution in [0.15, 0.2) is 22.7 Å². The Balaban J connectivity index is 2.10. The van der Waals surface area contributed by atoms with E-state index in [2.05, 4.69) is 33.2 Å². The number of carbonyl (C=O) groups is 1. The van der Waals surface area contributed by atoms with Crippen LogP contribution in [0.1, 0.15) is 34.5 Å². The van der Waals surface area contributed by atoms with E-state index in [1.165, 1.54) is 24.0 Å². The molecule has 0 radical (unpaired) electrons. The molecule has 0 atom stereocenters. The van der Waals surface area contributed by atoms with Crippen molar-refractivity contribution in [2.75, 3.05) is 0 Å². The SMILES string of the molecule is Cn1nc(C(=O)O)cc1-c1cc(Br)c2c(c1)CCCC2. The van der Waals surface area contributed by atoms with Crippen molar-refractivity contribution in [3.8, 4) is 11.3 Å². The Morgan fingerprint density at radius 3 is 2.75 bits per heavy atom. The second kappa shape index (κ2) is 5.05. The second-order valence-corrected chi connectivity index (χ2v) is 6.00. The number of rotatable bonds is 2. The predicted octanol–water partition coefficient (Wildman–Crippen LogP) is 3.43. The molecule has 1 aliphatic carbocycles. The van der Waals surface area contributed by atoms with Crippen LogP contribution in [0.3, 0.4) is 0 Å². The smallest absolute Gasteiger partial charge is 0.356 e. The molecule has 1 N–H and O–H groups in total. The molecule has 1 heterocycles. The van der Waals surface area contributed by atoms with Crippen molar-refractivity contribution in [2.45, 2.75) is 25.7 Å². The molecule has 1 aromatic heterocycles. The van der Waals surface area contributed by atoms with Gasteiger partial charge in [0.05, 0.1) is 5.69 Å². The zero-order valence-corrected chi connectivity index (χ0v) is 12.8. The van der Waals surface area contributed by atoms with Crippen molar-refractivity contribution >= 4 is 21.9 Å². The number of fused-ring (bicyclic) bond motifs is 1. The van der Waals surface area contributed by atoms with Crippen LogP contribution in [0.25, 0.3) is 11.3 Å². The van der Waals surface area contributed by atoms with Gasteiger partial charge in [-0.15, -0.1) is 0 Å². The molecule has 0 aliphatic heterocycles. The van der Waals surface area contributed by atoms with Gasteiger partial charge in [0.15, 0.2) is 5.69 Å². The molecular weight excluding hydrogens is 320 g/mol.